The number of aromatic nitrogens is 2. The fraction of sp³-hybridized carbons (Fsp3) is 0.276. The number of fused-ring (bicyclic) bond motifs is 2. The van der Waals surface area contributed by atoms with Gasteiger partial charge >= 0.3 is 5.97 Å². The van der Waals surface area contributed by atoms with Gasteiger partial charge in [-0.1, -0.05) is 54.5 Å². The molecular weight excluding hydrogens is 522 g/mol. The summed E-state index contributed by atoms with van der Waals surface area (Å²) in [6.45, 7) is 3.98. The lowest BCUT2D eigenvalue weighted by molar-refractivity contribution is -0.139. The van der Waals surface area contributed by atoms with Gasteiger partial charge in [0.15, 0.2) is 4.80 Å². The Labute approximate surface area is 228 Å². The molecule has 0 bridgehead atoms. The van der Waals surface area contributed by atoms with Crippen LogP contribution in [-0.2, 0) is 16.6 Å². The molecule has 1 aliphatic heterocycles. The Morgan fingerprint density at radius 2 is 2.00 bits per heavy atom. The van der Waals surface area contributed by atoms with Gasteiger partial charge in [-0.15, -0.1) is 0 Å². The van der Waals surface area contributed by atoms with Crippen LogP contribution < -0.4 is 19.6 Å². The van der Waals surface area contributed by atoms with Gasteiger partial charge in [-0.05, 0) is 43.7 Å². The predicted molar refractivity (Wildman–Crippen MR) is 151 cm³/mol. The first-order valence-electron chi connectivity index (χ1n) is 12.5. The minimum absolute atomic E-state index is 0.201. The number of nitrogens with zero attached hydrogens (tertiary/aromatic N) is 3. The van der Waals surface area contributed by atoms with Crippen molar-refractivity contribution in [2.45, 2.75) is 32.7 Å². The summed E-state index contributed by atoms with van der Waals surface area (Å²) in [5, 5.41) is 1.52. The Morgan fingerprint density at radius 1 is 1.21 bits per heavy atom. The SMILES string of the molecule is CCCC1=C(C(=O)OCC)[C@H](c2cc(Cl)ccc2OC)n2c(s/c(=C/c3cn(C)c4ccccc34)c2=O)=N1. The van der Waals surface area contributed by atoms with E-state index in [4.69, 9.17) is 26.1 Å². The number of esters is 1. The van der Waals surface area contributed by atoms with Crippen molar-refractivity contribution in [1.29, 1.82) is 0 Å². The number of thiazole rings is 1. The number of hydrogen-bond acceptors (Lipinski definition) is 6. The second-order valence-corrected chi connectivity index (χ2v) is 10.5. The van der Waals surface area contributed by atoms with E-state index >= 15 is 0 Å². The maximum Gasteiger partial charge on any atom is 0.338 e. The number of halogens is 1. The molecule has 0 saturated carbocycles. The van der Waals surface area contributed by atoms with Crippen molar-refractivity contribution in [2.24, 2.45) is 12.0 Å². The van der Waals surface area contributed by atoms with E-state index in [2.05, 4.69) is 0 Å². The zero-order chi connectivity index (χ0) is 27.0. The highest BCUT2D eigenvalue weighted by molar-refractivity contribution is 7.07. The molecular formula is C29H28ClN3O4S. The fourth-order valence-corrected chi connectivity index (χ4v) is 6.15. The van der Waals surface area contributed by atoms with E-state index in [-0.39, 0.29) is 12.2 Å². The molecule has 0 aliphatic carbocycles. The molecule has 2 aromatic carbocycles. The van der Waals surface area contributed by atoms with E-state index in [0.717, 1.165) is 22.9 Å². The summed E-state index contributed by atoms with van der Waals surface area (Å²) in [5.41, 5.74) is 3.30. The van der Waals surface area contributed by atoms with Crippen molar-refractivity contribution in [3.63, 3.8) is 0 Å². The number of allylic oxidation sites excluding steroid dienone is 1. The van der Waals surface area contributed by atoms with Gasteiger partial charge in [0.25, 0.3) is 5.56 Å². The third kappa shape index (κ3) is 4.48. The number of rotatable bonds is 7. The second kappa shape index (κ2) is 10.6. The average molecular weight is 550 g/mol. The molecule has 0 N–H and O–H groups in total. The van der Waals surface area contributed by atoms with Crippen LogP contribution in [0, 0.1) is 0 Å². The summed E-state index contributed by atoms with van der Waals surface area (Å²) < 4.78 is 15.3. The molecule has 1 atom stereocenters. The lowest BCUT2D eigenvalue weighted by atomic mass is 9.93. The summed E-state index contributed by atoms with van der Waals surface area (Å²) >= 11 is 7.72. The Hall–Kier alpha value is -3.62. The van der Waals surface area contributed by atoms with Crippen molar-refractivity contribution in [3.8, 4) is 5.75 Å². The Morgan fingerprint density at radius 3 is 2.74 bits per heavy atom. The standard InChI is InChI=1S/C29H28ClN3O4S/c1-5-9-21-25(28(35)37-6-2)26(20-15-18(30)12-13-23(20)36-4)33-27(34)24(38-29(33)31-21)14-17-16-32(3)22-11-8-7-10-19(17)22/h7-8,10-16,26H,5-6,9H2,1-4H3/b24-14+/t26-/m0/s1. The summed E-state index contributed by atoms with van der Waals surface area (Å²) in [7, 11) is 3.53. The van der Waals surface area contributed by atoms with Gasteiger partial charge in [-0.25, -0.2) is 9.79 Å². The molecule has 4 aromatic rings. The molecule has 0 fully saturated rings. The number of aryl methyl sites for hydroxylation is 1. The number of hydrogen-bond donors (Lipinski definition) is 0. The topological polar surface area (TPSA) is 74.8 Å². The van der Waals surface area contributed by atoms with Crippen LogP contribution in [0.25, 0.3) is 17.0 Å². The van der Waals surface area contributed by atoms with Crippen LogP contribution in [0.1, 0.15) is 43.9 Å². The summed E-state index contributed by atoms with van der Waals surface area (Å²) in [6.07, 6.45) is 5.23. The van der Waals surface area contributed by atoms with Gasteiger partial charge in [0.05, 0.1) is 29.5 Å². The number of carbonyl (C=O) groups is 1. The number of ether oxygens (including phenoxy) is 2. The highest BCUT2D eigenvalue weighted by Gasteiger charge is 2.36. The van der Waals surface area contributed by atoms with Crippen LogP contribution in [-0.4, -0.2) is 28.8 Å². The van der Waals surface area contributed by atoms with E-state index in [1.54, 1.807) is 36.8 Å². The molecule has 0 radical (unpaired) electrons. The molecule has 0 saturated heterocycles. The maximum absolute atomic E-state index is 14.0. The first-order chi connectivity index (χ1) is 18.4. The molecule has 9 heteroatoms. The molecule has 7 nitrogen and oxygen atoms in total. The monoisotopic (exact) mass is 549 g/mol. The van der Waals surface area contributed by atoms with Crippen LogP contribution >= 0.6 is 22.9 Å². The van der Waals surface area contributed by atoms with Gasteiger partial charge in [0.2, 0.25) is 0 Å². The zero-order valence-electron chi connectivity index (χ0n) is 21.7. The number of para-hydroxylation sites is 1. The third-order valence-corrected chi connectivity index (χ3v) is 7.81. The van der Waals surface area contributed by atoms with Crippen molar-refractivity contribution in [2.75, 3.05) is 13.7 Å². The highest BCUT2D eigenvalue weighted by Crippen LogP contribution is 2.38. The Bertz CT molecular complexity index is 1760. The molecule has 0 spiro atoms. The summed E-state index contributed by atoms with van der Waals surface area (Å²) in [5.74, 6) is 0.0117. The number of benzene rings is 2. The molecule has 38 heavy (non-hydrogen) atoms. The lowest BCUT2D eigenvalue weighted by Crippen LogP contribution is -2.40. The molecule has 3 heterocycles. The summed E-state index contributed by atoms with van der Waals surface area (Å²) in [6, 6.07) is 12.5. The number of methoxy groups -OCH3 is 1. The smallest absolute Gasteiger partial charge is 0.338 e. The molecule has 2 aromatic heterocycles. The quantitative estimate of drug-likeness (QED) is 0.312. The minimum atomic E-state index is -0.796. The molecule has 196 valence electrons. The summed E-state index contributed by atoms with van der Waals surface area (Å²) in [4.78, 5) is 32.8. The van der Waals surface area contributed by atoms with Crippen LogP contribution in [0.4, 0.5) is 0 Å². The molecule has 0 unspecified atom stereocenters. The second-order valence-electron chi connectivity index (χ2n) is 9.01. The van der Waals surface area contributed by atoms with Gasteiger partial charge in [-0.2, -0.15) is 0 Å². The van der Waals surface area contributed by atoms with Crippen molar-refractivity contribution in [1.82, 2.24) is 9.13 Å². The zero-order valence-corrected chi connectivity index (χ0v) is 23.2. The number of carbonyl (C=O) groups excluding carboxylic acids is 1. The van der Waals surface area contributed by atoms with Crippen LogP contribution in [0.2, 0.25) is 5.02 Å². The highest BCUT2D eigenvalue weighted by atomic mass is 35.5. The Kier molecular flexibility index (Phi) is 7.27. The van der Waals surface area contributed by atoms with Gasteiger partial charge in [0, 0.05) is 40.3 Å². The van der Waals surface area contributed by atoms with E-state index < -0.39 is 12.0 Å². The van der Waals surface area contributed by atoms with Crippen molar-refractivity contribution < 1.29 is 14.3 Å². The van der Waals surface area contributed by atoms with E-state index in [0.29, 0.717) is 43.4 Å². The fourth-order valence-electron chi connectivity index (χ4n) is 4.96. The minimum Gasteiger partial charge on any atom is -0.496 e. The van der Waals surface area contributed by atoms with Gasteiger partial charge in [0.1, 0.15) is 11.8 Å². The largest absolute Gasteiger partial charge is 0.496 e. The maximum atomic E-state index is 14.0. The van der Waals surface area contributed by atoms with Crippen molar-refractivity contribution in [3.05, 3.63) is 95.8 Å². The Balaban J connectivity index is 1.82. The van der Waals surface area contributed by atoms with E-state index in [1.165, 1.54) is 11.3 Å². The van der Waals surface area contributed by atoms with Crippen molar-refractivity contribution >= 4 is 45.9 Å². The van der Waals surface area contributed by atoms with Gasteiger partial charge in [-0.3, -0.25) is 9.36 Å². The first-order valence-corrected chi connectivity index (χ1v) is 13.7. The predicted octanol–water partition coefficient (Wildman–Crippen LogP) is 4.73. The first kappa shape index (κ1) is 26.0. The normalized spacial score (nSPS) is 15.5. The third-order valence-electron chi connectivity index (χ3n) is 6.59. The lowest BCUT2D eigenvalue weighted by Gasteiger charge is -2.27. The average Bonchev–Trinajstić information content (AvgIpc) is 3.39. The van der Waals surface area contributed by atoms with Crippen LogP contribution in [0.5, 0.6) is 5.75 Å². The van der Waals surface area contributed by atoms with Gasteiger partial charge < -0.3 is 14.0 Å². The molecule has 1 aliphatic rings. The van der Waals surface area contributed by atoms with E-state index in [1.807, 2.05) is 55.1 Å². The van der Waals surface area contributed by atoms with E-state index in [9.17, 15) is 9.59 Å². The van der Waals surface area contributed by atoms with Crippen LogP contribution in [0.15, 0.2) is 69.7 Å². The molecule has 5 rings (SSSR count). The molecule has 0 amide bonds. The van der Waals surface area contributed by atoms with Crippen LogP contribution in [0.3, 0.4) is 0 Å².